The van der Waals surface area contributed by atoms with E-state index in [1.807, 2.05) is 38.2 Å². The summed E-state index contributed by atoms with van der Waals surface area (Å²) < 4.78 is 0. The van der Waals surface area contributed by atoms with Gasteiger partial charge in [0.25, 0.3) is 0 Å². The lowest BCUT2D eigenvalue weighted by atomic mass is 10.1. The molecule has 0 rings (SSSR count). The second kappa shape index (κ2) is 6.83. The lowest BCUT2D eigenvalue weighted by Gasteiger charge is -2.00. The van der Waals surface area contributed by atoms with Gasteiger partial charge in [-0.25, -0.2) is 0 Å². The SMILES string of the molecule is C=C(C)C=CC(=C)CC(=C)C=CC(=C)C. The Balaban J connectivity index is 4.14. The Morgan fingerprint density at radius 1 is 0.733 bits per heavy atom. The Bertz CT molecular complexity index is 301. The van der Waals surface area contributed by atoms with Gasteiger partial charge >= 0.3 is 0 Å². The highest BCUT2D eigenvalue weighted by atomic mass is 14.0. The summed E-state index contributed by atoms with van der Waals surface area (Å²) in [5, 5.41) is 0. The van der Waals surface area contributed by atoms with Crippen molar-refractivity contribution in [2.24, 2.45) is 0 Å². The average molecular weight is 200 g/mol. The molecule has 0 fully saturated rings. The third-order valence-electron chi connectivity index (χ3n) is 1.66. The molecule has 0 aromatic carbocycles. The van der Waals surface area contributed by atoms with Crippen LogP contribution in [-0.4, -0.2) is 0 Å². The molecular weight excluding hydrogens is 180 g/mol. The Hall–Kier alpha value is -1.56. The summed E-state index contributed by atoms with van der Waals surface area (Å²) >= 11 is 0. The van der Waals surface area contributed by atoms with Crippen LogP contribution in [0.25, 0.3) is 0 Å². The molecule has 0 bridgehead atoms. The van der Waals surface area contributed by atoms with Crippen molar-refractivity contribution in [3.05, 3.63) is 72.9 Å². The fourth-order valence-corrected chi connectivity index (χ4v) is 0.930. The molecule has 0 aromatic rings. The molecule has 0 aromatic heterocycles. The Labute approximate surface area is 93.7 Å². The van der Waals surface area contributed by atoms with Crippen molar-refractivity contribution < 1.29 is 0 Å². The van der Waals surface area contributed by atoms with E-state index in [0.29, 0.717) is 0 Å². The van der Waals surface area contributed by atoms with Gasteiger partial charge in [0.15, 0.2) is 0 Å². The second-order valence-corrected chi connectivity index (χ2v) is 3.85. The van der Waals surface area contributed by atoms with E-state index in [1.165, 1.54) is 0 Å². The number of hydrogen-bond acceptors (Lipinski definition) is 0. The zero-order valence-corrected chi connectivity index (χ0v) is 9.84. The maximum atomic E-state index is 3.95. The zero-order chi connectivity index (χ0) is 11.8. The predicted octanol–water partition coefficient (Wildman–Crippen LogP) is 4.75. The summed E-state index contributed by atoms with van der Waals surface area (Å²) in [4.78, 5) is 0. The van der Waals surface area contributed by atoms with Gasteiger partial charge in [0.05, 0.1) is 0 Å². The van der Waals surface area contributed by atoms with Crippen LogP contribution in [0.5, 0.6) is 0 Å². The third-order valence-corrected chi connectivity index (χ3v) is 1.66. The van der Waals surface area contributed by atoms with E-state index in [4.69, 9.17) is 0 Å². The molecule has 0 heterocycles. The Kier molecular flexibility index (Phi) is 6.12. The van der Waals surface area contributed by atoms with Crippen LogP contribution in [0.15, 0.2) is 72.9 Å². The van der Waals surface area contributed by atoms with Crippen LogP contribution >= 0.6 is 0 Å². The average Bonchev–Trinajstić information content (AvgIpc) is 2.11. The van der Waals surface area contributed by atoms with Crippen LogP contribution < -0.4 is 0 Å². The first-order valence-corrected chi connectivity index (χ1v) is 4.94. The molecule has 0 spiro atoms. The van der Waals surface area contributed by atoms with E-state index >= 15 is 0 Å². The van der Waals surface area contributed by atoms with Gasteiger partial charge in [-0.2, -0.15) is 0 Å². The first-order valence-electron chi connectivity index (χ1n) is 4.94. The van der Waals surface area contributed by atoms with Crippen LogP contribution in [0.1, 0.15) is 20.3 Å². The molecule has 0 heteroatoms. The smallest absolute Gasteiger partial charge is 0.00375 e. The summed E-state index contributed by atoms with van der Waals surface area (Å²) in [7, 11) is 0. The normalized spacial score (nSPS) is 10.8. The maximum Gasteiger partial charge on any atom is -0.00375 e. The van der Waals surface area contributed by atoms with Gasteiger partial charge in [-0.15, -0.1) is 0 Å². The molecule has 0 nitrogen and oxygen atoms in total. The van der Waals surface area contributed by atoms with Gasteiger partial charge in [-0.1, -0.05) is 72.9 Å². The van der Waals surface area contributed by atoms with Crippen molar-refractivity contribution in [2.45, 2.75) is 20.3 Å². The lowest BCUT2D eigenvalue weighted by Crippen LogP contribution is -1.80. The van der Waals surface area contributed by atoms with E-state index in [2.05, 4.69) is 26.3 Å². The summed E-state index contributed by atoms with van der Waals surface area (Å²) in [6.45, 7) is 19.4. The first-order chi connectivity index (χ1) is 6.91. The predicted molar refractivity (Wildman–Crippen MR) is 70.8 cm³/mol. The molecule has 80 valence electrons. The summed E-state index contributed by atoms with van der Waals surface area (Å²) in [5.74, 6) is 0. The molecule has 0 saturated heterocycles. The number of allylic oxidation sites excluding steroid dienone is 8. The minimum Gasteiger partial charge on any atom is -0.0961 e. The highest BCUT2D eigenvalue weighted by molar-refractivity contribution is 5.31. The molecule has 0 N–H and O–H groups in total. The molecule has 0 amide bonds. The second-order valence-electron chi connectivity index (χ2n) is 3.85. The summed E-state index contributed by atoms with van der Waals surface area (Å²) in [5.41, 5.74) is 4.13. The van der Waals surface area contributed by atoms with Crippen LogP contribution in [0.3, 0.4) is 0 Å². The fourth-order valence-electron chi connectivity index (χ4n) is 0.930. The number of rotatable bonds is 6. The van der Waals surface area contributed by atoms with E-state index < -0.39 is 0 Å². The monoisotopic (exact) mass is 200 g/mol. The van der Waals surface area contributed by atoms with Crippen LogP contribution in [-0.2, 0) is 0 Å². The van der Waals surface area contributed by atoms with Crippen molar-refractivity contribution in [2.75, 3.05) is 0 Å². The largest absolute Gasteiger partial charge is 0.0961 e. The molecule has 0 aliphatic heterocycles. The molecule has 0 saturated carbocycles. The minimum atomic E-state index is 0.785. The Morgan fingerprint density at radius 3 is 1.33 bits per heavy atom. The van der Waals surface area contributed by atoms with E-state index in [1.54, 1.807) is 0 Å². The van der Waals surface area contributed by atoms with Crippen LogP contribution in [0, 0.1) is 0 Å². The van der Waals surface area contributed by atoms with Crippen molar-refractivity contribution in [3.8, 4) is 0 Å². The highest BCUT2D eigenvalue weighted by Gasteiger charge is 1.91. The molecule has 0 unspecified atom stereocenters. The van der Waals surface area contributed by atoms with Gasteiger partial charge in [-0.3, -0.25) is 0 Å². The van der Waals surface area contributed by atoms with Crippen molar-refractivity contribution in [1.29, 1.82) is 0 Å². The van der Waals surface area contributed by atoms with Gasteiger partial charge in [-0.05, 0) is 20.3 Å². The topological polar surface area (TPSA) is 0 Å². The maximum absolute atomic E-state index is 3.95. The van der Waals surface area contributed by atoms with Crippen molar-refractivity contribution in [1.82, 2.24) is 0 Å². The Morgan fingerprint density at radius 2 is 1.07 bits per heavy atom. The molecule has 15 heavy (non-hydrogen) atoms. The standard InChI is InChI=1S/C15H20/c1-12(2)7-9-14(5)11-15(6)10-8-13(3)4/h7-10H,1,3,5-6,11H2,2,4H3. The van der Waals surface area contributed by atoms with Gasteiger partial charge in [0.1, 0.15) is 0 Å². The van der Waals surface area contributed by atoms with E-state index in [0.717, 1.165) is 28.7 Å². The fraction of sp³-hybridized carbons (Fsp3) is 0.200. The van der Waals surface area contributed by atoms with Crippen LogP contribution in [0.2, 0.25) is 0 Å². The first kappa shape index (κ1) is 13.4. The molecule has 0 atom stereocenters. The number of hydrogen-bond donors (Lipinski definition) is 0. The molecule has 0 aliphatic carbocycles. The molecule has 0 radical (unpaired) electrons. The summed E-state index contributed by atoms with van der Waals surface area (Å²) in [6.07, 6.45) is 8.65. The summed E-state index contributed by atoms with van der Waals surface area (Å²) in [6, 6.07) is 0. The zero-order valence-electron chi connectivity index (χ0n) is 9.84. The van der Waals surface area contributed by atoms with Gasteiger partial charge in [0, 0.05) is 0 Å². The van der Waals surface area contributed by atoms with E-state index in [-0.39, 0.29) is 0 Å². The quantitative estimate of drug-likeness (QED) is 0.543. The van der Waals surface area contributed by atoms with Gasteiger partial charge < -0.3 is 0 Å². The molecule has 0 aliphatic rings. The van der Waals surface area contributed by atoms with Crippen molar-refractivity contribution >= 4 is 0 Å². The van der Waals surface area contributed by atoms with Gasteiger partial charge in [0.2, 0.25) is 0 Å². The molecular formula is C15H20. The minimum absolute atomic E-state index is 0.785. The van der Waals surface area contributed by atoms with Crippen molar-refractivity contribution in [3.63, 3.8) is 0 Å². The third kappa shape index (κ3) is 8.76. The van der Waals surface area contributed by atoms with E-state index in [9.17, 15) is 0 Å². The highest BCUT2D eigenvalue weighted by Crippen LogP contribution is 2.11. The van der Waals surface area contributed by atoms with Crippen LogP contribution in [0.4, 0.5) is 0 Å². The lowest BCUT2D eigenvalue weighted by molar-refractivity contribution is 1.22.